The molecule has 0 spiro atoms. The number of hydrazone groups is 1. The zero-order valence-electron chi connectivity index (χ0n) is 9.51. The van der Waals surface area contributed by atoms with Crippen LogP contribution in [0.3, 0.4) is 0 Å². The quantitative estimate of drug-likeness (QED) is 0.652. The van der Waals surface area contributed by atoms with Gasteiger partial charge in [0.1, 0.15) is 5.82 Å². The van der Waals surface area contributed by atoms with Crippen LogP contribution in [0.1, 0.15) is 15.9 Å². The fraction of sp³-hybridized carbons (Fsp3) is 0. The van der Waals surface area contributed by atoms with E-state index in [-0.39, 0.29) is 11.7 Å². The van der Waals surface area contributed by atoms with Gasteiger partial charge in [-0.25, -0.2) is 9.82 Å². The van der Waals surface area contributed by atoms with Gasteiger partial charge in [-0.05, 0) is 18.2 Å². The molecule has 0 heterocycles. The Hall–Kier alpha value is -2.49. The molecular formula is C14H11FN2O. The average Bonchev–Trinajstić information content (AvgIpc) is 2.42. The maximum atomic E-state index is 13.2. The molecule has 2 aromatic carbocycles. The van der Waals surface area contributed by atoms with Crippen LogP contribution in [0, 0.1) is 5.82 Å². The van der Waals surface area contributed by atoms with Crippen molar-refractivity contribution in [2.45, 2.75) is 0 Å². The zero-order chi connectivity index (χ0) is 12.8. The second kappa shape index (κ2) is 5.72. The number of nitrogens with zero attached hydrogens (tertiary/aromatic N) is 1. The van der Waals surface area contributed by atoms with Crippen molar-refractivity contribution in [1.29, 1.82) is 0 Å². The van der Waals surface area contributed by atoms with E-state index in [1.165, 1.54) is 12.3 Å². The van der Waals surface area contributed by atoms with E-state index in [0.29, 0.717) is 11.1 Å². The molecule has 0 bridgehead atoms. The highest BCUT2D eigenvalue weighted by molar-refractivity contribution is 5.94. The Morgan fingerprint density at radius 1 is 1.06 bits per heavy atom. The Morgan fingerprint density at radius 3 is 2.44 bits per heavy atom. The third kappa shape index (κ3) is 3.01. The molecule has 1 N–H and O–H groups in total. The van der Waals surface area contributed by atoms with Crippen LogP contribution >= 0.6 is 0 Å². The summed E-state index contributed by atoms with van der Waals surface area (Å²) in [6, 6.07) is 14.9. The number of benzene rings is 2. The summed E-state index contributed by atoms with van der Waals surface area (Å²) in [6.45, 7) is 0. The molecule has 0 aliphatic rings. The number of nitrogens with one attached hydrogen (secondary N) is 1. The van der Waals surface area contributed by atoms with E-state index >= 15 is 0 Å². The van der Waals surface area contributed by atoms with Crippen molar-refractivity contribution < 1.29 is 9.18 Å². The van der Waals surface area contributed by atoms with Crippen LogP contribution in [0.25, 0.3) is 0 Å². The van der Waals surface area contributed by atoms with Crippen LogP contribution in [0.2, 0.25) is 0 Å². The van der Waals surface area contributed by atoms with Gasteiger partial charge in [0.2, 0.25) is 0 Å². The Bertz CT molecular complexity index is 567. The molecular weight excluding hydrogens is 231 g/mol. The number of hydrogen-bond donors (Lipinski definition) is 1. The molecule has 0 fully saturated rings. The first-order valence-corrected chi connectivity index (χ1v) is 5.40. The molecule has 1 amide bonds. The molecule has 2 aromatic rings. The first-order valence-electron chi connectivity index (χ1n) is 5.40. The Kier molecular flexibility index (Phi) is 3.81. The maximum Gasteiger partial charge on any atom is 0.271 e. The molecule has 0 unspecified atom stereocenters. The Labute approximate surface area is 104 Å². The predicted octanol–water partition coefficient (Wildman–Crippen LogP) is 2.59. The molecule has 0 radical (unpaired) electrons. The summed E-state index contributed by atoms with van der Waals surface area (Å²) in [4.78, 5) is 11.6. The van der Waals surface area contributed by atoms with E-state index in [9.17, 15) is 9.18 Å². The van der Waals surface area contributed by atoms with Crippen molar-refractivity contribution in [3.8, 4) is 0 Å². The topological polar surface area (TPSA) is 41.5 Å². The SMILES string of the molecule is O=C(N/N=C\c1ccccc1F)c1ccccc1. The lowest BCUT2D eigenvalue weighted by Crippen LogP contribution is -2.17. The minimum Gasteiger partial charge on any atom is -0.267 e. The minimum atomic E-state index is -0.379. The standard InChI is InChI=1S/C14H11FN2O/c15-13-9-5-4-8-12(13)10-16-17-14(18)11-6-2-1-3-7-11/h1-10H,(H,17,18)/b16-10-. The molecule has 3 nitrogen and oxygen atoms in total. The maximum absolute atomic E-state index is 13.2. The molecule has 4 heteroatoms. The molecule has 90 valence electrons. The van der Waals surface area contributed by atoms with Gasteiger partial charge in [-0.2, -0.15) is 5.10 Å². The van der Waals surface area contributed by atoms with Gasteiger partial charge in [0.15, 0.2) is 0 Å². The van der Waals surface area contributed by atoms with Gasteiger partial charge >= 0.3 is 0 Å². The van der Waals surface area contributed by atoms with Crippen LogP contribution < -0.4 is 5.43 Å². The predicted molar refractivity (Wildman–Crippen MR) is 67.9 cm³/mol. The number of carbonyl (C=O) groups is 1. The first-order chi connectivity index (χ1) is 8.77. The second-order valence-electron chi connectivity index (χ2n) is 3.59. The summed E-state index contributed by atoms with van der Waals surface area (Å²) >= 11 is 0. The number of rotatable bonds is 3. The number of halogens is 1. The lowest BCUT2D eigenvalue weighted by Gasteiger charge is -1.99. The summed E-state index contributed by atoms with van der Waals surface area (Å²) in [5, 5.41) is 3.71. The molecule has 0 saturated carbocycles. The summed E-state index contributed by atoms with van der Waals surface area (Å²) in [5.41, 5.74) is 3.17. The number of carbonyl (C=O) groups excluding carboxylic acids is 1. The van der Waals surface area contributed by atoms with E-state index in [1.54, 1.807) is 42.5 Å². The van der Waals surface area contributed by atoms with Crippen LogP contribution in [0.4, 0.5) is 4.39 Å². The number of hydrogen-bond acceptors (Lipinski definition) is 2. The summed E-state index contributed by atoms with van der Waals surface area (Å²) in [5.74, 6) is -0.710. The van der Waals surface area contributed by atoms with E-state index in [1.807, 2.05) is 6.07 Å². The molecule has 0 atom stereocenters. The lowest BCUT2D eigenvalue weighted by molar-refractivity contribution is 0.0955. The highest BCUT2D eigenvalue weighted by atomic mass is 19.1. The van der Waals surface area contributed by atoms with Gasteiger partial charge in [-0.15, -0.1) is 0 Å². The van der Waals surface area contributed by atoms with Crippen molar-refractivity contribution in [3.05, 3.63) is 71.5 Å². The smallest absolute Gasteiger partial charge is 0.267 e. The largest absolute Gasteiger partial charge is 0.271 e. The van der Waals surface area contributed by atoms with Crippen LogP contribution in [-0.4, -0.2) is 12.1 Å². The van der Waals surface area contributed by atoms with Gasteiger partial charge in [0.05, 0.1) is 6.21 Å². The monoisotopic (exact) mass is 242 g/mol. The van der Waals surface area contributed by atoms with E-state index < -0.39 is 0 Å². The Balaban J connectivity index is 2.00. The van der Waals surface area contributed by atoms with Gasteiger partial charge < -0.3 is 0 Å². The Morgan fingerprint density at radius 2 is 1.72 bits per heavy atom. The van der Waals surface area contributed by atoms with Crippen LogP contribution in [-0.2, 0) is 0 Å². The van der Waals surface area contributed by atoms with Crippen LogP contribution in [0.15, 0.2) is 59.7 Å². The van der Waals surface area contributed by atoms with Gasteiger partial charge in [-0.1, -0.05) is 36.4 Å². The van der Waals surface area contributed by atoms with Crippen LogP contribution in [0.5, 0.6) is 0 Å². The molecule has 2 rings (SSSR count). The van der Waals surface area contributed by atoms with E-state index in [4.69, 9.17) is 0 Å². The second-order valence-corrected chi connectivity index (χ2v) is 3.59. The normalized spacial score (nSPS) is 10.5. The van der Waals surface area contributed by atoms with Crippen molar-refractivity contribution in [1.82, 2.24) is 5.43 Å². The third-order valence-electron chi connectivity index (χ3n) is 2.31. The highest BCUT2D eigenvalue weighted by Crippen LogP contribution is 2.02. The first kappa shape index (κ1) is 12.0. The molecule has 18 heavy (non-hydrogen) atoms. The fourth-order valence-electron chi connectivity index (χ4n) is 1.39. The van der Waals surface area contributed by atoms with Gasteiger partial charge in [-0.3, -0.25) is 4.79 Å². The van der Waals surface area contributed by atoms with E-state index in [2.05, 4.69) is 10.5 Å². The summed E-state index contributed by atoms with van der Waals surface area (Å²) in [6.07, 6.45) is 1.27. The van der Waals surface area contributed by atoms with E-state index in [0.717, 1.165) is 0 Å². The van der Waals surface area contributed by atoms with Crippen molar-refractivity contribution in [2.24, 2.45) is 5.10 Å². The average molecular weight is 242 g/mol. The highest BCUT2D eigenvalue weighted by Gasteiger charge is 2.02. The lowest BCUT2D eigenvalue weighted by atomic mass is 10.2. The minimum absolute atomic E-state index is 0.325. The fourth-order valence-corrected chi connectivity index (χ4v) is 1.39. The summed E-state index contributed by atoms with van der Waals surface area (Å²) in [7, 11) is 0. The molecule has 0 aromatic heterocycles. The molecule has 0 aliphatic carbocycles. The van der Waals surface area contributed by atoms with Gasteiger partial charge in [0.25, 0.3) is 5.91 Å². The zero-order valence-corrected chi connectivity index (χ0v) is 9.51. The molecule has 0 aliphatic heterocycles. The summed E-state index contributed by atoms with van der Waals surface area (Å²) < 4.78 is 13.2. The third-order valence-corrected chi connectivity index (χ3v) is 2.31. The van der Waals surface area contributed by atoms with Crippen molar-refractivity contribution in [3.63, 3.8) is 0 Å². The van der Waals surface area contributed by atoms with Gasteiger partial charge in [0, 0.05) is 11.1 Å². The number of amides is 1. The molecule has 0 saturated heterocycles. The van der Waals surface area contributed by atoms with Crippen molar-refractivity contribution in [2.75, 3.05) is 0 Å². The van der Waals surface area contributed by atoms with Crippen molar-refractivity contribution >= 4 is 12.1 Å².